The third-order valence-electron chi connectivity index (χ3n) is 3.82. The fourth-order valence-electron chi connectivity index (χ4n) is 2.55. The van der Waals surface area contributed by atoms with Crippen molar-refractivity contribution in [3.05, 3.63) is 0 Å². The zero-order chi connectivity index (χ0) is 14.1. The van der Waals surface area contributed by atoms with E-state index in [1.165, 1.54) is 12.8 Å². The minimum absolute atomic E-state index is 0.122. The number of hydrogen-bond acceptors (Lipinski definition) is 3. The molecule has 19 heavy (non-hydrogen) atoms. The van der Waals surface area contributed by atoms with Gasteiger partial charge < -0.3 is 16.4 Å². The van der Waals surface area contributed by atoms with Crippen molar-refractivity contribution in [3.63, 3.8) is 0 Å². The molecular formula is C14H27N3O2. The molecule has 5 heteroatoms. The molecule has 0 aromatic heterocycles. The molecule has 1 rings (SSSR count). The summed E-state index contributed by atoms with van der Waals surface area (Å²) in [4.78, 5) is 22.3. The highest BCUT2D eigenvalue weighted by atomic mass is 16.1. The van der Waals surface area contributed by atoms with Crippen LogP contribution in [0.3, 0.4) is 0 Å². The summed E-state index contributed by atoms with van der Waals surface area (Å²) in [6.07, 6.45) is 5.00. The van der Waals surface area contributed by atoms with E-state index < -0.39 is 0 Å². The zero-order valence-electron chi connectivity index (χ0n) is 11.9. The minimum atomic E-state index is -0.273. The first-order valence-electron chi connectivity index (χ1n) is 7.35. The molecule has 2 atom stereocenters. The van der Waals surface area contributed by atoms with Gasteiger partial charge in [0.05, 0.1) is 0 Å². The molecule has 0 spiro atoms. The van der Waals surface area contributed by atoms with Crippen LogP contribution in [0.2, 0.25) is 0 Å². The second-order valence-electron chi connectivity index (χ2n) is 5.56. The van der Waals surface area contributed by atoms with Crippen molar-refractivity contribution in [2.45, 2.75) is 45.4 Å². The van der Waals surface area contributed by atoms with Crippen LogP contribution in [0.25, 0.3) is 0 Å². The monoisotopic (exact) mass is 269 g/mol. The number of primary amides is 1. The van der Waals surface area contributed by atoms with Crippen molar-refractivity contribution in [1.29, 1.82) is 0 Å². The average molecular weight is 269 g/mol. The molecular weight excluding hydrogens is 242 g/mol. The van der Waals surface area contributed by atoms with Crippen molar-refractivity contribution < 1.29 is 9.59 Å². The van der Waals surface area contributed by atoms with E-state index in [0.717, 1.165) is 25.9 Å². The summed E-state index contributed by atoms with van der Waals surface area (Å²) in [5.74, 6) is 0.898. The lowest BCUT2D eigenvalue weighted by atomic mass is 9.85. The summed E-state index contributed by atoms with van der Waals surface area (Å²) in [5.41, 5.74) is 5.05. The molecule has 0 bridgehead atoms. The van der Waals surface area contributed by atoms with Crippen LogP contribution >= 0.6 is 0 Å². The largest absolute Gasteiger partial charge is 0.370 e. The third kappa shape index (κ3) is 7.15. The van der Waals surface area contributed by atoms with Crippen LogP contribution in [-0.4, -0.2) is 31.4 Å². The van der Waals surface area contributed by atoms with Crippen molar-refractivity contribution in [2.24, 2.45) is 17.6 Å². The smallest absolute Gasteiger partial charge is 0.220 e. The molecule has 1 aliphatic rings. The lowest BCUT2D eigenvalue weighted by molar-refractivity contribution is -0.122. The fraction of sp³-hybridized carbons (Fsp3) is 0.857. The van der Waals surface area contributed by atoms with Crippen molar-refractivity contribution in [1.82, 2.24) is 10.6 Å². The molecule has 0 saturated carbocycles. The fourth-order valence-corrected chi connectivity index (χ4v) is 2.55. The summed E-state index contributed by atoms with van der Waals surface area (Å²) in [7, 11) is 0. The topological polar surface area (TPSA) is 84.2 Å². The van der Waals surface area contributed by atoms with E-state index in [0.29, 0.717) is 31.2 Å². The molecule has 110 valence electrons. The van der Waals surface area contributed by atoms with E-state index >= 15 is 0 Å². The number of rotatable bonds is 8. The van der Waals surface area contributed by atoms with Crippen molar-refractivity contribution >= 4 is 11.8 Å². The maximum absolute atomic E-state index is 11.8. The first-order valence-corrected chi connectivity index (χ1v) is 7.35. The Hall–Kier alpha value is -1.10. The van der Waals surface area contributed by atoms with Crippen LogP contribution in [0, 0.1) is 11.8 Å². The van der Waals surface area contributed by atoms with Gasteiger partial charge in [0.25, 0.3) is 0 Å². The summed E-state index contributed by atoms with van der Waals surface area (Å²) >= 11 is 0. The van der Waals surface area contributed by atoms with E-state index in [1.54, 1.807) is 0 Å². The van der Waals surface area contributed by atoms with Gasteiger partial charge in [-0.15, -0.1) is 0 Å². The average Bonchev–Trinajstić information content (AvgIpc) is 2.39. The number of carbonyl (C=O) groups is 2. The highest BCUT2D eigenvalue weighted by Crippen LogP contribution is 2.22. The predicted octanol–water partition coefficient (Wildman–Crippen LogP) is 0.784. The van der Waals surface area contributed by atoms with Gasteiger partial charge in [-0.25, -0.2) is 0 Å². The standard InChI is InChI=1S/C14H27N3O2/c1-11(12-5-4-7-16-10-12)9-14(19)17-8-3-2-6-13(15)18/h11-12,16H,2-10H2,1H3,(H2,15,18)(H,17,19). The van der Waals surface area contributed by atoms with Gasteiger partial charge in [-0.2, -0.15) is 0 Å². The van der Waals surface area contributed by atoms with E-state index in [2.05, 4.69) is 17.6 Å². The second-order valence-corrected chi connectivity index (χ2v) is 5.56. The Labute approximate surface area is 115 Å². The van der Waals surface area contributed by atoms with Gasteiger partial charge in [0.1, 0.15) is 0 Å². The molecule has 0 aromatic rings. The normalized spacial score (nSPS) is 20.8. The number of hydrogen-bond donors (Lipinski definition) is 3. The van der Waals surface area contributed by atoms with E-state index in [1.807, 2.05) is 0 Å². The molecule has 4 N–H and O–H groups in total. The van der Waals surface area contributed by atoms with Gasteiger partial charge >= 0.3 is 0 Å². The number of nitrogens with one attached hydrogen (secondary N) is 2. The molecule has 5 nitrogen and oxygen atoms in total. The highest BCUT2D eigenvalue weighted by Gasteiger charge is 2.21. The maximum atomic E-state index is 11.8. The lowest BCUT2D eigenvalue weighted by Crippen LogP contribution is -2.35. The Morgan fingerprint density at radius 3 is 2.84 bits per heavy atom. The molecule has 1 saturated heterocycles. The highest BCUT2D eigenvalue weighted by molar-refractivity contribution is 5.76. The van der Waals surface area contributed by atoms with Gasteiger partial charge in [0.15, 0.2) is 0 Å². The van der Waals surface area contributed by atoms with Gasteiger partial charge in [0.2, 0.25) is 11.8 Å². The van der Waals surface area contributed by atoms with Crippen LogP contribution in [0.15, 0.2) is 0 Å². The Kier molecular flexibility index (Phi) is 7.48. The Morgan fingerprint density at radius 1 is 1.42 bits per heavy atom. The van der Waals surface area contributed by atoms with Crippen molar-refractivity contribution in [3.8, 4) is 0 Å². The first-order chi connectivity index (χ1) is 9.09. The summed E-state index contributed by atoms with van der Waals surface area (Å²) in [6.45, 7) is 4.94. The lowest BCUT2D eigenvalue weighted by Gasteiger charge is -2.28. The zero-order valence-corrected chi connectivity index (χ0v) is 11.9. The Balaban J connectivity index is 2.07. The molecule has 0 radical (unpaired) electrons. The van der Waals surface area contributed by atoms with Gasteiger partial charge in [-0.1, -0.05) is 6.92 Å². The molecule has 0 aliphatic carbocycles. The quantitative estimate of drug-likeness (QED) is 0.569. The van der Waals surface area contributed by atoms with Crippen LogP contribution in [-0.2, 0) is 9.59 Å². The molecule has 1 aliphatic heterocycles. The molecule has 1 fully saturated rings. The third-order valence-corrected chi connectivity index (χ3v) is 3.82. The van der Waals surface area contributed by atoms with Gasteiger partial charge in [-0.05, 0) is 50.6 Å². The Bertz CT molecular complexity index is 288. The van der Waals surface area contributed by atoms with Gasteiger partial charge in [0, 0.05) is 19.4 Å². The maximum Gasteiger partial charge on any atom is 0.220 e. The molecule has 1 heterocycles. The number of amides is 2. The van der Waals surface area contributed by atoms with Crippen molar-refractivity contribution in [2.75, 3.05) is 19.6 Å². The van der Waals surface area contributed by atoms with Crippen LogP contribution in [0.4, 0.5) is 0 Å². The number of piperidine rings is 1. The van der Waals surface area contributed by atoms with E-state index in [9.17, 15) is 9.59 Å². The van der Waals surface area contributed by atoms with Gasteiger partial charge in [-0.3, -0.25) is 9.59 Å². The molecule has 0 aromatic carbocycles. The first kappa shape index (κ1) is 16.0. The summed E-state index contributed by atoms with van der Waals surface area (Å²) in [6, 6.07) is 0. The number of nitrogens with two attached hydrogens (primary N) is 1. The van der Waals surface area contributed by atoms with Crippen LogP contribution < -0.4 is 16.4 Å². The summed E-state index contributed by atoms with van der Waals surface area (Å²) < 4.78 is 0. The minimum Gasteiger partial charge on any atom is -0.370 e. The van der Waals surface area contributed by atoms with E-state index in [-0.39, 0.29) is 11.8 Å². The number of carbonyl (C=O) groups excluding carboxylic acids is 2. The van der Waals surface area contributed by atoms with Crippen LogP contribution in [0.5, 0.6) is 0 Å². The Morgan fingerprint density at radius 2 is 2.21 bits per heavy atom. The molecule has 2 amide bonds. The number of unbranched alkanes of at least 4 members (excludes halogenated alkanes) is 1. The van der Waals surface area contributed by atoms with Crippen LogP contribution in [0.1, 0.15) is 45.4 Å². The summed E-state index contributed by atoms with van der Waals surface area (Å²) in [5, 5.41) is 6.30. The second kappa shape index (κ2) is 8.91. The SMILES string of the molecule is CC(CC(=O)NCCCCC(N)=O)C1CCCNC1. The molecule has 2 unspecified atom stereocenters. The predicted molar refractivity (Wildman–Crippen MR) is 75.4 cm³/mol. The van der Waals surface area contributed by atoms with E-state index in [4.69, 9.17) is 5.73 Å².